The van der Waals surface area contributed by atoms with Crippen molar-refractivity contribution in [2.24, 2.45) is 0 Å². The van der Waals surface area contributed by atoms with E-state index in [-0.39, 0.29) is 0 Å². The van der Waals surface area contributed by atoms with Gasteiger partial charge >= 0.3 is 0 Å². The summed E-state index contributed by atoms with van der Waals surface area (Å²) < 4.78 is 5.00. The van der Waals surface area contributed by atoms with Gasteiger partial charge in [-0.1, -0.05) is 0 Å². The minimum absolute atomic E-state index is 0.438. The molecule has 0 saturated heterocycles. The molecule has 48 valence electrons. The zero-order chi connectivity index (χ0) is 6.85. The molecule has 0 unspecified atom stereocenters. The monoisotopic (exact) mass is 124 g/mol. The van der Waals surface area contributed by atoms with Gasteiger partial charge in [0.05, 0.1) is 0 Å². The van der Waals surface area contributed by atoms with Crippen LogP contribution in [0.2, 0.25) is 0 Å². The molecular weight excluding hydrogens is 116 g/mol. The molecule has 0 fully saturated rings. The highest BCUT2D eigenvalue weighted by molar-refractivity contribution is 5.72. The molecule has 0 aromatic carbocycles. The normalized spacial score (nSPS) is 9.56. The van der Waals surface area contributed by atoms with Gasteiger partial charge in [0.1, 0.15) is 5.76 Å². The lowest BCUT2D eigenvalue weighted by Gasteiger charge is -1.79. The van der Waals surface area contributed by atoms with E-state index in [0.29, 0.717) is 5.76 Å². The zero-order valence-corrected chi connectivity index (χ0v) is 5.47. The second-order valence-electron chi connectivity index (χ2n) is 2.02. The molecule has 2 nitrogen and oxygen atoms in total. The smallest absolute Gasteiger partial charge is 0.185 e. The molecule has 1 aromatic heterocycles. The molecule has 0 saturated carbocycles. The predicted molar refractivity (Wildman–Crippen MR) is 33.6 cm³/mol. The summed E-state index contributed by atoms with van der Waals surface area (Å²) in [4.78, 5) is 10.1. The Labute approximate surface area is 53.5 Å². The summed E-state index contributed by atoms with van der Waals surface area (Å²) in [5.41, 5.74) is 0.905. The molecule has 2 heteroatoms. The maximum atomic E-state index is 10.1. The summed E-state index contributed by atoms with van der Waals surface area (Å²) in [6, 6.07) is 1.84. The van der Waals surface area contributed by atoms with E-state index >= 15 is 0 Å². The Hall–Kier alpha value is -1.05. The van der Waals surface area contributed by atoms with E-state index in [0.717, 1.165) is 17.6 Å². The molecule has 0 aliphatic carbocycles. The lowest BCUT2D eigenvalue weighted by molar-refractivity contribution is 0.109. The van der Waals surface area contributed by atoms with Gasteiger partial charge in [0.15, 0.2) is 12.0 Å². The third-order valence-corrected chi connectivity index (χ3v) is 1.19. The molecule has 0 bridgehead atoms. The van der Waals surface area contributed by atoms with Gasteiger partial charge in [-0.15, -0.1) is 0 Å². The van der Waals surface area contributed by atoms with E-state index in [4.69, 9.17) is 4.42 Å². The van der Waals surface area contributed by atoms with Crippen molar-refractivity contribution in [3.63, 3.8) is 0 Å². The number of aldehydes is 1. The Morgan fingerprint density at radius 3 is 2.44 bits per heavy atom. The van der Waals surface area contributed by atoms with Crippen molar-refractivity contribution in [2.45, 2.75) is 13.8 Å². The molecule has 0 amide bonds. The van der Waals surface area contributed by atoms with Gasteiger partial charge in [0.25, 0.3) is 0 Å². The van der Waals surface area contributed by atoms with Gasteiger partial charge in [0.2, 0.25) is 0 Å². The Morgan fingerprint density at radius 1 is 1.56 bits per heavy atom. The van der Waals surface area contributed by atoms with Crippen LogP contribution in [0.5, 0.6) is 0 Å². The van der Waals surface area contributed by atoms with Crippen molar-refractivity contribution in [2.75, 3.05) is 0 Å². The van der Waals surface area contributed by atoms with E-state index < -0.39 is 0 Å². The largest absolute Gasteiger partial charge is 0.458 e. The molecule has 1 rings (SSSR count). The number of rotatable bonds is 1. The van der Waals surface area contributed by atoms with Crippen molar-refractivity contribution in [3.05, 3.63) is 23.2 Å². The lowest BCUT2D eigenvalue weighted by Crippen LogP contribution is -1.74. The van der Waals surface area contributed by atoms with Crippen molar-refractivity contribution >= 4 is 6.29 Å². The molecular formula is C7H8O2. The van der Waals surface area contributed by atoms with Crippen LogP contribution in [0.3, 0.4) is 0 Å². The molecule has 0 aliphatic heterocycles. The Bertz CT molecular complexity index is 223. The second-order valence-corrected chi connectivity index (χ2v) is 2.02. The van der Waals surface area contributed by atoms with Crippen LogP contribution in [0.4, 0.5) is 0 Å². The first kappa shape index (κ1) is 6.08. The highest BCUT2D eigenvalue weighted by Crippen LogP contribution is 2.10. The zero-order valence-electron chi connectivity index (χ0n) is 5.47. The maximum Gasteiger partial charge on any atom is 0.185 e. The second kappa shape index (κ2) is 2.05. The highest BCUT2D eigenvalue weighted by Gasteiger charge is 2.00. The summed E-state index contributed by atoms with van der Waals surface area (Å²) >= 11 is 0. The Kier molecular flexibility index (Phi) is 1.39. The van der Waals surface area contributed by atoms with E-state index in [1.54, 1.807) is 0 Å². The fourth-order valence-corrected chi connectivity index (χ4v) is 0.776. The molecule has 0 aliphatic rings. The summed E-state index contributed by atoms with van der Waals surface area (Å²) in [7, 11) is 0. The van der Waals surface area contributed by atoms with Crippen LogP contribution in [-0.4, -0.2) is 6.29 Å². The lowest BCUT2D eigenvalue weighted by atomic mass is 10.3. The summed E-state index contributed by atoms with van der Waals surface area (Å²) in [5.74, 6) is 1.22. The van der Waals surface area contributed by atoms with Crippen molar-refractivity contribution < 1.29 is 9.21 Å². The molecule has 0 spiro atoms. The molecule has 0 radical (unpaired) electrons. The van der Waals surface area contributed by atoms with Gasteiger partial charge in [-0.05, 0) is 25.5 Å². The molecule has 1 aromatic rings. The first-order chi connectivity index (χ1) is 4.24. The first-order valence-corrected chi connectivity index (χ1v) is 2.76. The average Bonchev–Trinajstić information content (AvgIpc) is 2.10. The minimum Gasteiger partial charge on any atom is -0.458 e. The Balaban J connectivity index is 3.15. The average molecular weight is 124 g/mol. The van der Waals surface area contributed by atoms with Gasteiger partial charge in [-0.25, -0.2) is 0 Å². The molecule has 1 heterocycles. The van der Waals surface area contributed by atoms with Crippen LogP contribution in [0.15, 0.2) is 10.5 Å². The fraction of sp³-hybridized carbons (Fsp3) is 0.286. The van der Waals surface area contributed by atoms with Crippen LogP contribution in [-0.2, 0) is 0 Å². The van der Waals surface area contributed by atoms with Crippen molar-refractivity contribution in [1.82, 2.24) is 0 Å². The van der Waals surface area contributed by atoms with Crippen molar-refractivity contribution in [1.29, 1.82) is 0 Å². The number of aryl methyl sites for hydroxylation is 2. The predicted octanol–water partition coefficient (Wildman–Crippen LogP) is 1.71. The van der Waals surface area contributed by atoms with E-state index in [1.807, 2.05) is 19.9 Å². The number of carbonyl (C=O) groups is 1. The minimum atomic E-state index is 0.438. The third kappa shape index (κ3) is 1.02. The fourth-order valence-electron chi connectivity index (χ4n) is 0.776. The SMILES string of the molecule is Cc1cc(C)c(C=O)o1. The van der Waals surface area contributed by atoms with Crippen LogP contribution >= 0.6 is 0 Å². The summed E-state index contributed by atoms with van der Waals surface area (Å²) in [5, 5.41) is 0. The van der Waals surface area contributed by atoms with Gasteiger partial charge in [-0.3, -0.25) is 4.79 Å². The van der Waals surface area contributed by atoms with Crippen LogP contribution < -0.4 is 0 Å². The van der Waals surface area contributed by atoms with E-state index in [1.165, 1.54) is 0 Å². The first-order valence-electron chi connectivity index (χ1n) is 2.76. The number of furan rings is 1. The number of hydrogen-bond acceptors (Lipinski definition) is 2. The van der Waals surface area contributed by atoms with E-state index in [2.05, 4.69) is 0 Å². The van der Waals surface area contributed by atoms with Crippen molar-refractivity contribution in [3.8, 4) is 0 Å². The van der Waals surface area contributed by atoms with Gasteiger partial charge in [0, 0.05) is 0 Å². The number of carbonyl (C=O) groups excluding carboxylic acids is 1. The summed E-state index contributed by atoms with van der Waals surface area (Å²) in [6.07, 6.45) is 0.725. The van der Waals surface area contributed by atoms with E-state index in [9.17, 15) is 4.79 Å². The number of hydrogen-bond donors (Lipinski definition) is 0. The molecule has 9 heavy (non-hydrogen) atoms. The molecule has 0 N–H and O–H groups in total. The van der Waals surface area contributed by atoms with Gasteiger partial charge < -0.3 is 4.42 Å². The highest BCUT2D eigenvalue weighted by atomic mass is 16.3. The summed E-state index contributed by atoms with van der Waals surface area (Å²) in [6.45, 7) is 3.67. The standard InChI is InChI=1S/C7H8O2/c1-5-3-6(2)9-7(5)4-8/h3-4H,1-2H3. The van der Waals surface area contributed by atoms with Crippen LogP contribution in [0.25, 0.3) is 0 Å². The van der Waals surface area contributed by atoms with Gasteiger partial charge in [-0.2, -0.15) is 0 Å². The topological polar surface area (TPSA) is 30.2 Å². The maximum absolute atomic E-state index is 10.1. The Morgan fingerprint density at radius 2 is 2.22 bits per heavy atom. The quantitative estimate of drug-likeness (QED) is 0.533. The van der Waals surface area contributed by atoms with Crippen LogP contribution in [0.1, 0.15) is 21.9 Å². The third-order valence-electron chi connectivity index (χ3n) is 1.19. The van der Waals surface area contributed by atoms with Crippen LogP contribution in [0, 0.1) is 13.8 Å². The molecule has 0 atom stereocenters.